The molecule has 2 rings (SSSR count). The van der Waals surface area contributed by atoms with Gasteiger partial charge in [0.25, 0.3) is 5.91 Å². The Labute approximate surface area is 120 Å². The highest BCUT2D eigenvalue weighted by molar-refractivity contribution is 6.58. The van der Waals surface area contributed by atoms with Crippen LogP contribution in [0, 0.1) is 11.6 Å². The minimum atomic E-state index is -1.55. The molecule has 0 aliphatic heterocycles. The summed E-state index contributed by atoms with van der Waals surface area (Å²) in [7, 11) is -1.55. The van der Waals surface area contributed by atoms with Crippen molar-refractivity contribution in [2.24, 2.45) is 0 Å². The van der Waals surface area contributed by atoms with Gasteiger partial charge in [0.05, 0.1) is 5.56 Å². The Morgan fingerprint density at radius 3 is 2.33 bits per heavy atom. The molecule has 0 bridgehead atoms. The summed E-state index contributed by atoms with van der Waals surface area (Å²) in [6.07, 6.45) is 0. The van der Waals surface area contributed by atoms with Gasteiger partial charge in [-0.05, 0) is 23.2 Å². The normalized spacial score (nSPS) is 10.3. The summed E-state index contributed by atoms with van der Waals surface area (Å²) in [5, 5.41) is 20.4. The van der Waals surface area contributed by atoms with E-state index in [1.54, 1.807) is 12.1 Å². The van der Waals surface area contributed by atoms with E-state index in [0.29, 0.717) is 17.1 Å². The van der Waals surface area contributed by atoms with Gasteiger partial charge in [0.15, 0.2) is 0 Å². The van der Waals surface area contributed by atoms with Crippen molar-refractivity contribution in [3.05, 3.63) is 65.2 Å². The Morgan fingerprint density at radius 2 is 1.76 bits per heavy atom. The van der Waals surface area contributed by atoms with Gasteiger partial charge >= 0.3 is 7.12 Å². The number of carbonyl (C=O) groups is 1. The third kappa shape index (κ3) is 3.87. The fourth-order valence-electron chi connectivity index (χ4n) is 1.76. The highest BCUT2D eigenvalue weighted by Crippen LogP contribution is 2.09. The molecule has 0 spiro atoms. The Bertz CT molecular complexity index is 647. The van der Waals surface area contributed by atoms with Crippen LogP contribution in [-0.4, -0.2) is 23.1 Å². The van der Waals surface area contributed by atoms with Crippen molar-refractivity contribution in [1.29, 1.82) is 0 Å². The molecule has 21 heavy (non-hydrogen) atoms. The van der Waals surface area contributed by atoms with Gasteiger partial charge in [-0.15, -0.1) is 0 Å². The van der Waals surface area contributed by atoms with Gasteiger partial charge in [-0.2, -0.15) is 0 Å². The molecule has 0 heterocycles. The lowest BCUT2D eigenvalue weighted by molar-refractivity contribution is 0.0946. The van der Waals surface area contributed by atoms with E-state index < -0.39 is 24.7 Å². The molecule has 0 radical (unpaired) electrons. The van der Waals surface area contributed by atoms with Gasteiger partial charge in [-0.1, -0.05) is 24.3 Å². The number of nitrogens with one attached hydrogen (secondary N) is 1. The van der Waals surface area contributed by atoms with Crippen molar-refractivity contribution in [3.8, 4) is 0 Å². The van der Waals surface area contributed by atoms with Gasteiger partial charge in [0.1, 0.15) is 11.6 Å². The maximum atomic E-state index is 13.4. The van der Waals surface area contributed by atoms with Gasteiger partial charge in [-0.3, -0.25) is 4.79 Å². The first-order valence-electron chi connectivity index (χ1n) is 6.15. The molecule has 0 saturated carbocycles. The summed E-state index contributed by atoms with van der Waals surface area (Å²) in [6.45, 7) is 0.136. The number of halogens is 2. The lowest BCUT2D eigenvalue weighted by Crippen LogP contribution is -2.30. The lowest BCUT2D eigenvalue weighted by atomic mass is 9.80. The van der Waals surface area contributed by atoms with Crippen LogP contribution in [0.1, 0.15) is 15.9 Å². The average molecular weight is 291 g/mol. The largest absolute Gasteiger partial charge is 0.488 e. The van der Waals surface area contributed by atoms with Gasteiger partial charge in [-0.25, -0.2) is 8.78 Å². The Morgan fingerprint density at radius 1 is 1.10 bits per heavy atom. The standard InChI is InChI=1S/C14H12BF2NO3/c16-11-5-6-12(13(17)7-11)14(19)18-8-9-1-3-10(4-2-9)15(20)21/h1-7,20-21H,8H2,(H,18,19). The fraction of sp³-hybridized carbons (Fsp3) is 0.0714. The number of hydrogen-bond acceptors (Lipinski definition) is 3. The third-order valence-corrected chi connectivity index (χ3v) is 2.91. The van der Waals surface area contributed by atoms with Crippen molar-refractivity contribution in [1.82, 2.24) is 5.32 Å². The molecular weight excluding hydrogens is 279 g/mol. The molecule has 2 aromatic carbocycles. The van der Waals surface area contributed by atoms with Crippen LogP contribution in [0.25, 0.3) is 0 Å². The fourth-order valence-corrected chi connectivity index (χ4v) is 1.76. The van der Waals surface area contributed by atoms with Crippen molar-refractivity contribution in [2.75, 3.05) is 0 Å². The minimum Gasteiger partial charge on any atom is -0.423 e. The van der Waals surface area contributed by atoms with Crippen LogP contribution in [0.15, 0.2) is 42.5 Å². The van der Waals surface area contributed by atoms with Crippen LogP contribution in [0.4, 0.5) is 8.78 Å². The first-order chi connectivity index (χ1) is 9.97. The lowest BCUT2D eigenvalue weighted by Gasteiger charge is -2.07. The van der Waals surface area contributed by atoms with E-state index in [2.05, 4.69) is 5.32 Å². The van der Waals surface area contributed by atoms with E-state index in [1.165, 1.54) is 12.1 Å². The van der Waals surface area contributed by atoms with Crippen molar-refractivity contribution in [3.63, 3.8) is 0 Å². The summed E-state index contributed by atoms with van der Waals surface area (Å²) < 4.78 is 26.2. The molecule has 0 fully saturated rings. The number of benzene rings is 2. The Kier molecular flexibility index (Phi) is 4.67. The predicted molar refractivity (Wildman–Crippen MR) is 73.8 cm³/mol. The molecule has 108 valence electrons. The second kappa shape index (κ2) is 6.47. The predicted octanol–water partition coefficient (Wildman–Crippen LogP) is 0.575. The highest BCUT2D eigenvalue weighted by atomic mass is 19.1. The zero-order valence-corrected chi connectivity index (χ0v) is 10.9. The van der Waals surface area contributed by atoms with Gasteiger partial charge in [0, 0.05) is 12.6 Å². The van der Waals surface area contributed by atoms with Crippen LogP contribution in [0.3, 0.4) is 0 Å². The van der Waals surface area contributed by atoms with E-state index >= 15 is 0 Å². The van der Waals surface area contributed by atoms with Crippen LogP contribution in [0.2, 0.25) is 0 Å². The SMILES string of the molecule is O=C(NCc1ccc(B(O)O)cc1)c1ccc(F)cc1F. The molecular formula is C14H12BF2NO3. The maximum Gasteiger partial charge on any atom is 0.488 e. The molecule has 3 N–H and O–H groups in total. The monoisotopic (exact) mass is 291 g/mol. The molecule has 0 atom stereocenters. The van der Waals surface area contributed by atoms with E-state index in [9.17, 15) is 13.6 Å². The first kappa shape index (κ1) is 15.1. The van der Waals surface area contributed by atoms with Gasteiger partial charge in [0.2, 0.25) is 0 Å². The van der Waals surface area contributed by atoms with E-state index in [-0.39, 0.29) is 12.1 Å². The molecule has 2 aromatic rings. The minimum absolute atomic E-state index is 0.136. The summed E-state index contributed by atoms with van der Waals surface area (Å²) in [4.78, 5) is 11.8. The van der Waals surface area contributed by atoms with E-state index in [4.69, 9.17) is 10.0 Å². The summed E-state index contributed by atoms with van der Waals surface area (Å²) in [6, 6.07) is 8.95. The second-order valence-corrected chi connectivity index (χ2v) is 4.42. The molecule has 0 saturated heterocycles. The Hall–Kier alpha value is -2.25. The van der Waals surface area contributed by atoms with Gasteiger partial charge < -0.3 is 15.4 Å². The van der Waals surface area contributed by atoms with E-state index in [0.717, 1.165) is 12.1 Å². The first-order valence-corrected chi connectivity index (χ1v) is 6.15. The smallest absolute Gasteiger partial charge is 0.423 e. The van der Waals surface area contributed by atoms with Crippen LogP contribution >= 0.6 is 0 Å². The third-order valence-electron chi connectivity index (χ3n) is 2.91. The van der Waals surface area contributed by atoms with Crippen LogP contribution in [0.5, 0.6) is 0 Å². The summed E-state index contributed by atoms with van der Waals surface area (Å²) in [5.74, 6) is -2.33. The molecule has 0 unspecified atom stereocenters. The number of amides is 1. The number of carbonyl (C=O) groups excluding carboxylic acids is 1. The molecule has 0 aliphatic rings. The zero-order valence-electron chi connectivity index (χ0n) is 10.9. The molecule has 1 amide bonds. The molecule has 7 heteroatoms. The van der Waals surface area contributed by atoms with Crippen molar-refractivity contribution in [2.45, 2.75) is 6.54 Å². The van der Waals surface area contributed by atoms with Crippen molar-refractivity contribution < 1.29 is 23.6 Å². The quantitative estimate of drug-likeness (QED) is 0.722. The molecule has 4 nitrogen and oxygen atoms in total. The van der Waals surface area contributed by atoms with E-state index in [1.807, 2.05) is 0 Å². The van der Waals surface area contributed by atoms with Crippen LogP contribution < -0.4 is 10.8 Å². The summed E-state index contributed by atoms with van der Waals surface area (Å²) in [5.41, 5.74) is 0.795. The number of rotatable bonds is 4. The number of hydrogen-bond donors (Lipinski definition) is 3. The highest BCUT2D eigenvalue weighted by Gasteiger charge is 2.13. The molecule has 0 aromatic heterocycles. The van der Waals surface area contributed by atoms with Crippen LogP contribution in [-0.2, 0) is 6.54 Å². The van der Waals surface area contributed by atoms with Crippen molar-refractivity contribution >= 4 is 18.5 Å². The zero-order chi connectivity index (χ0) is 15.4. The Balaban J connectivity index is 2.00. The maximum absolute atomic E-state index is 13.4. The average Bonchev–Trinajstić information content (AvgIpc) is 2.45. The summed E-state index contributed by atoms with van der Waals surface area (Å²) >= 11 is 0. The second-order valence-electron chi connectivity index (χ2n) is 4.42. The topological polar surface area (TPSA) is 69.6 Å². The molecule has 0 aliphatic carbocycles.